The standard InChI is InChI=1S/C18H16Cl2N4O/c19-15-6-7-17(16(20)10-15)23-18(25)21-11-13-4-1-2-5-14(13)12-24-9-3-8-22-24/h1-10H,11-12H2,(H2,21,23,25). The Morgan fingerprint density at radius 1 is 1.08 bits per heavy atom. The lowest BCUT2D eigenvalue weighted by Gasteiger charge is -2.12. The van der Waals surface area contributed by atoms with E-state index in [9.17, 15) is 4.79 Å². The molecule has 0 aliphatic carbocycles. The second kappa shape index (κ2) is 8.05. The summed E-state index contributed by atoms with van der Waals surface area (Å²) < 4.78 is 1.84. The molecule has 2 aromatic carbocycles. The van der Waals surface area contributed by atoms with E-state index in [0.717, 1.165) is 11.1 Å². The van der Waals surface area contributed by atoms with Crippen LogP contribution in [-0.4, -0.2) is 15.8 Å². The Labute approximate surface area is 155 Å². The van der Waals surface area contributed by atoms with E-state index in [4.69, 9.17) is 23.2 Å². The van der Waals surface area contributed by atoms with Crippen LogP contribution in [-0.2, 0) is 13.1 Å². The number of hydrogen-bond acceptors (Lipinski definition) is 2. The van der Waals surface area contributed by atoms with Crippen molar-refractivity contribution in [1.82, 2.24) is 15.1 Å². The first kappa shape index (κ1) is 17.3. The summed E-state index contributed by atoms with van der Waals surface area (Å²) in [7, 11) is 0. The zero-order chi connectivity index (χ0) is 17.6. The molecule has 0 atom stereocenters. The summed E-state index contributed by atoms with van der Waals surface area (Å²) in [5.74, 6) is 0. The van der Waals surface area contributed by atoms with Gasteiger partial charge in [0.05, 0.1) is 17.3 Å². The minimum Gasteiger partial charge on any atom is -0.334 e. The van der Waals surface area contributed by atoms with Gasteiger partial charge in [0.15, 0.2) is 0 Å². The third-order valence-corrected chi connectivity index (χ3v) is 4.18. The van der Waals surface area contributed by atoms with Crippen LogP contribution in [0.1, 0.15) is 11.1 Å². The number of carbonyl (C=O) groups is 1. The zero-order valence-corrected chi connectivity index (χ0v) is 14.8. The molecule has 5 nitrogen and oxygen atoms in total. The number of aromatic nitrogens is 2. The summed E-state index contributed by atoms with van der Waals surface area (Å²) in [6.45, 7) is 1.05. The van der Waals surface area contributed by atoms with Crippen molar-refractivity contribution < 1.29 is 4.79 Å². The van der Waals surface area contributed by atoms with Gasteiger partial charge in [0, 0.05) is 24.0 Å². The Morgan fingerprint density at radius 2 is 1.88 bits per heavy atom. The van der Waals surface area contributed by atoms with Crippen molar-refractivity contribution in [2.24, 2.45) is 0 Å². The minimum atomic E-state index is -0.335. The molecule has 0 aliphatic heterocycles. The molecule has 0 fully saturated rings. The second-order valence-electron chi connectivity index (χ2n) is 5.40. The Morgan fingerprint density at radius 3 is 2.60 bits per heavy atom. The second-order valence-corrected chi connectivity index (χ2v) is 6.25. The maximum atomic E-state index is 12.1. The summed E-state index contributed by atoms with van der Waals surface area (Å²) >= 11 is 11.9. The van der Waals surface area contributed by atoms with Crippen molar-refractivity contribution in [2.75, 3.05) is 5.32 Å². The number of nitrogens with one attached hydrogen (secondary N) is 2. The Kier molecular flexibility index (Phi) is 5.58. The van der Waals surface area contributed by atoms with Crippen LogP contribution in [0.25, 0.3) is 0 Å². The molecular formula is C18H16Cl2N4O. The van der Waals surface area contributed by atoms with E-state index in [1.54, 1.807) is 24.4 Å². The van der Waals surface area contributed by atoms with Gasteiger partial charge < -0.3 is 10.6 Å². The lowest BCUT2D eigenvalue weighted by molar-refractivity contribution is 0.251. The molecule has 25 heavy (non-hydrogen) atoms. The number of amides is 2. The molecule has 0 saturated heterocycles. The van der Waals surface area contributed by atoms with Crippen molar-refractivity contribution in [3.05, 3.63) is 82.1 Å². The molecule has 0 saturated carbocycles. The monoisotopic (exact) mass is 374 g/mol. The zero-order valence-electron chi connectivity index (χ0n) is 13.2. The van der Waals surface area contributed by atoms with Crippen LogP contribution in [0.15, 0.2) is 60.9 Å². The van der Waals surface area contributed by atoms with E-state index in [0.29, 0.717) is 28.8 Å². The first-order valence-corrected chi connectivity index (χ1v) is 8.41. The van der Waals surface area contributed by atoms with Crippen LogP contribution in [0.5, 0.6) is 0 Å². The van der Waals surface area contributed by atoms with Crippen LogP contribution in [0.2, 0.25) is 10.0 Å². The highest BCUT2D eigenvalue weighted by atomic mass is 35.5. The SMILES string of the molecule is O=C(NCc1ccccc1Cn1cccn1)Nc1ccc(Cl)cc1Cl. The Hall–Kier alpha value is -2.50. The minimum absolute atomic E-state index is 0.335. The summed E-state index contributed by atoms with van der Waals surface area (Å²) in [6, 6.07) is 14.4. The molecule has 1 aromatic heterocycles. The van der Waals surface area contributed by atoms with Gasteiger partial charge in [0.2, 0.25) is 0 Å². The molecule has 7 heteroatoms. The third kappa shape index (κ3) is 4.75. The van der Waals surface area contributed by atoms with Gasteiger partial charge >= 0.3 is 6.03 Å². The molecule has 0 unspecified atom stereocenters. The van der Waals surface area contributed by atoms with Gasteiger partial charge in [-0.1, -0.05) is 47.5 Å². The third-order valence-electron chi connectivity index (χ3n) is 3.63. The van der Waals surface area contributed by atoms with Gasteiger partial charge in [-0.15, -0.1) is 0 Å². The summed E-state index contributed by atoms with van der Waals surface area (Å²) in [5.41, 5.74) is 2.62. The van der Waals surface area contributed by atoms with Crippen molar-refractivity contribution >= 4 is 34.9 Å². The molecule has 128 valence electrons. The maximum Gasteiger partial charge on any atom is 0.319 e. The number of halogens is 2. The average molecular weight is 375 g/mol. The van der Waals surface area contributed by atoms with Gasteiger partial charge in [0.25, 0.3) is 0 Å². The highest BCUT2D eigenvalue weighted by Gasteiger charge is 2.08. The molecule has 2 amide bonds. The van der Waals surface area contributed by atoms with Gasteiger partial charge in [-0.05, 0) is 35.4 Å². The molecule has 3 rings (SSSR count). The van der Waals surface area contributed by atoms with E-state index in [1.807, 2.05) is 41.2 Å². The molecule has 0 spiro atoms. The van der Waals surface area contributed by atoms with Gasteiger partial charge in [0.1, 0.15) is 0 Å². The molecule has 2 N–H and O–H groups in total. The first-order chi connectivity index (χ1) is 12.1. The number of nitrogens with zero attached hydrogens (tertiary/aromatic N) is 2. The van der Waals surface area contributed by atoms with Crippen molar-refractivity contribution in [3.8, 4) is 0 Å². The highest BCUT2D eigenvalue weighted by Crippen LogP contribution is 2.25. The van der Waals surface area contributed by atoms with Crippen molar-refractivity contribution in [1.29, 1.82) is 0 Å². The first-order valence-electron chi connectivity index (χ1n) is 7.66. The van der Waals surface area contributed by atoms with Crippen LogP contribution < -0.4 is 10.6 Å². The van der Waals surface area contributed by atoms with Gasteiger partial charge in [-0.2, -0.15) is 5.10 Å². The maximum absolute atomic E-state index is 12.1. The summed E-state index contributed by atoms with van der Waals surface area (Å²) in [4.78, 5) is 12.1. The normalized spacial score (nSPS) is 10.5. The molecular weight excluding hydrogens is 359 g/mol. The number of hydrogen-bond donors (Lipinski definition) is 2. The molecule has 0 aliphatic rings. The lowest BCUT2D eigenvalue weighted by Crippen LogP contribution is -2.28. The fourth-order valence-electron chi connectivity index (χ4n) is 2.39. The number of rotatable bonds is 5. The number of carbonyl (C=O) groups excluding carboxylic acids is 1. The number of benzene rings is 2. The van der Waals surface area contributed by atoms with Crippen LogP contribution >= 0.6 is 23.2 Å². The van der Waals surface area contributed by atoms with Gasteiger partial charge in [-0.3, -0.25) is 4.68 Å². The van der Waals surface area contributed by atoms with E-state index >= 15 is 0 Å². The van der Waals surface area contributed by atoms with E-state index in [1.165, 1.54) is 0 Å². The molecule has 0 radical (unpaired) electrons. The highest BCUT2D eigenvalue weighted by molar-refractivity contribution is 6.36. The summed E-state index contributed by atoms with van der Waals surface area (Å²) in [5, 5.41) is 10.7. The average Bonchev–Trinajstić information content (AvgIpc) is 3.10. The largest absolute Gasteiger partial charge is 0.334 e. The molecule has 3 aromatic rings. The molecule has 1 heterocycles. The van der Waals surface area contributed by atoms with E-state index in [-0.39, 0.29) is 6.03 Å². The summed E-state index contributed by atoms with van der Waals surface area (Å²) in [6.07, 6.45) is 3.64. The number of anilines is 1. The predicted octanol–water partition coefficient (Wildman–Crippen LogP) is 4.56. The van der Waals surface area contributed by atoms with E-state index in [2.05, 4.69) is 15.7 Å². The van der Waals surface area contributed by atoms with Crippen molar-refractivity contribution in [2.45, 2.75) is 13.1 Å². The van der Waals surface area contributed by atoms with Gasteiger partial charge in [-0.25, -0.2) is 4.79 Å². The fourth-order valence-corrected chi connectivity index (χ4v) is 2.84. The molecule has 0 bridgehead atoms. The van der Waals surface area contributed by atoms with Crippen LogP contribution in [0.3, 0.4) is 0 Å². The lowest BCUT2D eigenvalue weighted by atomic mass is 10.1. The van der Waals surface area contributed by atoms with Crippen molar-refractivity contribution in [3.63, 3.8) is 0 Å². The topological polar surface area (TPSA) is 59.0 Å². The Balaban J connectivity index is 1.62. The van der Waals surface area contributed by atoms with Crippen LogP contribution in [0.4, 0.5) is 10.5 Å². The predicted molar refractivity (Wildman–Crippen MR) is 100 cm³/mol. The Bertz CT molecular complexity index is 865. The smallest absolute Gasteiger partial charge is 0.319 e. The quantitative estimate of drug-likeness (QED) is 0.687. The number of urea groups is 1. The van der Waals surface area contributed by atoms with Crippen LogP contribution in [0, 0.1) is 0 Å². The fraction of sp³-hybridized carbons (Fsp3) is 0.111. The van der Waals surface area contributed by atoms with E-state index < -0.39 is 0 Å².